The van der Waals surface area contributed by atoms with Crippen molar-refractivity contribution >= 4 is 23.7 Å². The molecule has 0 bridgehead atoms. The molecule has 4 heteroatoms. The molecule has 0 heterocycles. The van der Waals surface area contributed by atoms with Crippen molar-refractivity contribution < 1.29 is 19.1 Å². The number of rotatable bonds is 8. The molecule has 0 N–H and O–H groups in total. The molecule has 3 aromatic rings. The van der Waals surface area contributed by atoms with E-state index in [1.165, 1.54) is 12.2 Å². The van der Waals surface area contributed by atoms with Crippen molar-refractivity contribution in [3.8, 4) is 11.5 Å². The van der Waals surface area contributed by atoms with E-state index in [0.717, 1.165) is 22.6 Å². The van der Waals surface area contributed by atoms with E-state index >= 15 is 0 Å². The molecule has 0 atom stereocenters. The second-order valence-corrected chi connectivity index (χ2v) is 6.52. The van der Waals surface area contributed by atoms with Crippen LogP contribution in [0, 0.1) is 0 Å². The topological polar surface area (TPSA) is 52.6 Å². The van der Waals surface area contributed by atoms with Crippen molar-refractivity contribution in [3.63, 3.8) is 0 Å². The first kappa shape index (κ1) is 20.8. The summed E-state index contributed by atoms with van der Waals surface area (Å²) in [7, 11) is 3.21. The van der Waals surface area contributed by atoms with Crippen LogP contribution in [0.1, 0.15) is 31.8 Å². The summed E-state index contributed by atoms with van der Waals surface area (Å²) in [5.74, 6) is 1.18. The lowest BCUT2D eigenvalue weighted by Gasteiger charge is -2.01. The molecule has 0 amide bonds. The number of carbonyl (C=O) groups excluding carboxylic acids is 2. The van der Waals surface area contributed by atoms with Crippen LogP contribution in [0.2, 0.25) is 0 Å². The van der Waals surface area contributed by atoms with Gasteiger partial charge in [0.05, 0.1) is 14.2 Å². The second-order valence-electron chi connectivity index (χ2n) is 6.52. The third kappa shape index (κ3) is 5.55. The number of ether oxygens (including phenoxy) is 2. The molecule has 30 heavy (non-hydrogen) atoms. The van der Waals surface area contributed by atoms with Gasteiger partial charge in [-0.1, -0.05) is 54.6 Å². The zero-order valence-corrected chi connectivity index (χ0v) is 16.9. The molecule has 0 saturated carbocycles. The van der Waals surface area contributed by atoms with Crippen molar-refractivity contribution in [2.75, 3.05) is 14.2 Å². The van der Waals surface area contributed by atoms with Crippen LogP contribution in [0.3, 0.4) is 0 Å². The maximum atomic E-state index is 12.5. The van der Waals surface area contributed by atoms with Gasteiger partial charge in [-0.05, 0) is 53.6 Å². The zero-order chi connectivity index (χ0) is 21.3. The van der Waals surface area contributed by atoms with Gasteiger partial charge in [0, 0.05) is 11.1 Å². The molecule has 0 unspecified atom stereocenters. The molecule has 3 aromatic carbocycles. The van der Waals surface area contributed by atoms with Crippen molar-refractivity contribution in [1.82, 2.24) is 0 Å². The van der Waals surface area contributed by atoms with Crippen molar-refractivity contribution in [2.24, 2.45) is 0 Å². The highest BCUT2D eigenvalue weighted by Gasteiger charge is 2.07. The van der Waals surface area contributed by atoms with Gasteiger partial charge in [-0.3, -0.25) is 9.59 Å². The summed E-state index contributed by atoms with van der Waals surface area (Å²) in [6.07, 6.45) is 6.47. The Balaban J connectivity index is 1.69. The van der Waals surface area contributed by atoms with Gasteiger partial charge in [0.25, 0.3) is 0 Å². The van der Waals surface area contributed by atoms with Gasteiger partial charge in [0.2, 0.25) is 0 Å². The Morgan fingerprint density at radius 1 is 0.633 bits per heavy atom. The third-order valence-corrected chi connectivity index (χ3v) is 4.52. The number of carbonyl (C=O) groups is 2. The lowest BCUT2D eigenvalue weighted by atomic mass is 10.0. The third-order valence-electron chi connectivity index (χ3n) is 4.52. The molecular formula is C26H22O4. The first-order valence-electron chi connectivity index (χ1n) is 9.42. The summed E-state index contributed by atoms with van der Waals surface area (Å²) in [6, 6.07) is 21.5. The molecule has 150 valence electrons. The van der Waals surface area contributed by atoms with Crippen LogP contribution in [-0.4, -0.2) is 25.8 Å². The SMILES string of the molecule is COc1ccc(C=CC(=O)c2cccc(C(=O)C=Cc3ccc(OC)cc3)c2)cc1. The lowest BCUT2D eigenvalue weighted by molar-refractivity contribution is 0.104. The average Bonchev–Trinajstić information content (AvgIpc) is 2.81. The molecule has 0 aromatic heterocycles. The lowest BCUT2D eigenvalue weighted by Crippen LogP contribution is -1.99. The number of allylic oxidation sites excluding steroid dienone is 2. The Hall–Kier alpha value is -3.92. The monoisotopic (exact) mass is 398 g/mol. The van der Waals surface area contributed by atoms with Crippen LogP contribution >= 0.6 is 0 Å². The number of methoxy groups -OCH3 is 2. The first-order valence-corrected chi connectivity index (χ1v) is 9.42. The predicted molar refractivity (Wildman–Crippen MR) is 119 cm³/mol. The zero-order valence-electron chi connectivity index (χ0n) is 16.9. The van der Waals surface area contributed by atoms with E-state index in [4.69, 9.17) is 9.47 Å². The van der Waals surface area contributed by atoms with E-state index < -0.39 is 0 Å². The minimum Gasteiger partial charge on any atom is -0.497 e. The Kier molecular flexibility index (Phi) is 6.95. The van der Waals surface area contributed by atoms with Gasteiger partial charge in [0.15, 0.2) is 11.6 Å². The highest BCUT2D eigenvalue weighted by atomic mass is 16.5. The summed E-state index contributed by atoms with van der Waals surface area (Å²) >= 11 is 0. The predicted octanol–water partition coefficient (Wildman–Crippen LogP) is 5.50. The first-order chi connectivity index (χ1) is 14.6. The number of hydrogen-bond donors (Lipinski definition) is 0. The summed E-state index contributed by atoms with van der Waals surface area (Å²) in [5, 5.41) is 0. The van der Waals surface area contributed by atoms with Gasteiger partial charge in [-0.25, -0.2) is 0 Å². The molecule has 0 aliphatic rings. The Bertz CT molecular complexity index is 990. The van der Waals surface area contributed by atoms with Gasteiger partial charge in [0.1, 0.15) is 11.5 Å². The van der Waals surface area contributed by atoms with Gasteiger partial charge >= 0.3 is 0 Å². The smallest absolute Gasteiger partial charge is 0.185 e. The Morgan fingerprint density at radius 3 is 1.40 bits per heavy atom. The highest BCUT2D eigenvalue weighted by Crippen LogP contribution is 2.15. The number of ketones is 2. The van der Waals surface area contributed by atoms with Gasteiger partial charge in [-0.2, -0.15) is 0 Å². The summed E-state index contributed by atoms with van der Waals surface area (Å²) < 4.78 is 10.2. The van der Waals surface area contributed by atoms with E-state index in [9.17, 15) is 9.59 Å². The molecule has 0 spiro atoms. The largest absolute Gasteiger partial charge is 0.497 e. The second kappa shape index (κ2) is 10.0. The van der Waals surface area contributed by atoms with E-state index in [1.807, 2.05) is 48.5 Å². The molecular weight excluding hydrogens is 376 g/mol. The number of benzene rings is 3. The quantitative estimate of drug-likeness (QED) is 0.372. The standard InChI is InChI=1S/C26H22O4/c1-29-23-12-6-19(7-13-23)10-16-25(27)21-4-3-5-22(18-21)26(28)17-11-20-8-14-24(30-2)15-9-20/h3-18H,1-2H3. The van der Waals surface area contributed by atoms with E-state index in [2.05, 4.69) is 0 Å². The molecule has 0 fully saturated rings. The van der Waals surface area contributed by atoms with Crippen molar-refractivity contribution in [2.45, 2.75) is 0 Å². The molecule has 0 saturated heterocycles. The maximum Gasteiger partial charge on any atom is 0.185 e. The summed E-state index contributed by atoms with van der Waals surface area (Å²) in [5.41, 5.74) is 2.70. The van der Waals surface area contributed by atoms with E-state index in [1.54, 1.807) is 50.6 Å². The molecule has 0 aliphatic heterocycles. The highest BCUT2D eigenvalue weighted by molar-refractivity contribution is 6.11. The van der Waals surface area contributed by atoms with E-state index in [0.29, 0.717) is 11.1 Å². The fraction of sp³-hybridized carbons (Fsp3) is 0.0769. The minimum atomic E-state index is -0.167. The fourth-order valence-corrected chi connectivity index (χ4v) is 2.79. The number of hydrogen-bond acceptors (Lipinski definition) is 4. The Morgan fingerprint density at radius 2 is 1.03 bits per heavy atom. The van der Waals surface area contributed by atoms with Crippen LogP contribution in [-0.2, 0) is 0 Å². The van der Waals surface area contributed by atoms with Crippen molar-refractivity contribution in [1.29, 1.82) is 0 Å². The van der Waals surface area contributed by atoms with Gasteiger partial charge in [-0.15, -0.1) is 0 Å². The van der Waals surface area contributed by atoms with Crippen molar-refractivity contribution in [3.05, 3.63) is 107 Å². The van der Waals surface area contributed by atoms with Crippen LogP contribution in [0.5, 0.6) is 11.5 Å². The van der Waals surface area contributed by atoms with Gasteiger partial charge < -0.3 is 9.47 Å². The van der Waals surface area contributed by atoms with E-state index in [-0.39, 0.29) is 11.6 Å². The van der Waals surface area contributed by atoms with Crippen LogP contribution in [0.4, 0.5) is 0 Å². The normalized spacial score (nSPS) is 11.0. The van der Waals surface area contributed by atoms with Crippen LogP contribution in [0.15, 0.2) is 84.9 Å². The molecule has 0 radical (unpaired) electrons. The summed E-state index contributed by atoms with van der Waals surface area (Å²) in [4.78, 5) is 25.0. The van der Waals surface area contributed by atoms with Crippen LogP contribution < -0.4 is 9.47 Å². The van der Waals surface area contributed by atoms with Crippen LogP contribution in [0.25, 0.3) is 12.2 Å². The minimum absolute atomic E-state index is 0.167. The summed E-state index contributed by atoms with van der Waals surface area (Å²) in [6.45, 7) is 0. The Labute approximate surface area is 176 Å². The molecule has 0 aliphatic carbocycles. The maximum absolute atomic E-state index is 12.5. The fourth-order valence-electron chi connectivity index (χ4n) is 2.79. The molecule has 3 rings (SSSR count). The average molecular weight is 398 g/mol. The molecule has 4 nitrogen and oxygen atoms in total.